The first-order valence-electron chi connectivity index (χ1n) is 9.13. The van der Waals surface area contributed by atoms with Gasteiger partial charge in [-0.15, -0.1) is 0 Å². The molecule has 8 nitrogen and oxygen atoms in total. The van der Waals surface area contributed by atoms with E-state index in [1.807, 2.05) is 20.8 Å². The molecular weight excluding hydrogens is 366 g/mol. The third kappa shape index (κ3) is 4.30. The van der Waals surface area contributed by atoms with E-state index < -0.39 is 10.0 Å². The summed E-state index contributed by atoms with van der Waals surface area (Å²) in [6.45, 7) is 7.54. The van der Waals surface area contributed by atoms with Crippen LogP contribution >= 0.6 is 0 Å². The smallest absolute Gasteiger partial charge is 0.253 e. The van der Waals surface area contributed by atoms with Crippen molar-refractivity contribution in [2.75, 3.05) is 13.1 Å². The quantitative estimate of drug-likeness (QED) is 0.783. The third-order valence-corrected chi connectivity index (χ3v) is 6.85. The highest BCUT2D eigenvalue weighted by molar-refractivity contribution is 7.89. The first-order chi connectivity index (χ1) is 12.6. The molecule has 148 valence electrons. The minimum Gasteiger partial charge on any atom is -0.299 e. The van der Waals surface area contributed by atoms with Crippen LogP contribution < -0.4 is 5.56 Å². The number of hydrogen-bond donors (Lipinski definition) is 0. The summed E-state index contributed by atoms with van der Waals surface area (Å²) in [6, 6.07) is 1.60. The molecule has 0 radical (unpaired) electrons. The van der Waals surface area contributed by atoms with E-state index in [2.05, 4.69) is 10.1 Å². The van der Waals surface area contributed by atoms with Gasteiger partial charge >= 0.3 is 0 Å². The Morgan fingerprint density at radius 2 is 1.89 bits per heavy atom. The molecule has 27 heavy (non-hydrogen) atoms. The Kier molecular flexibility index (Phi) is 5.27. The highest BCUT2D eigenvalue weighted by atomic mass is 32.2. The van der Waals surface area contributed by atoms with E-state index >= 15 is 0 Å². The van der Waals surface area contributed by atoms with E-state index in [1.165, 1.54) is 21.4 Å². The number of sulfonamides is 1. The largest absolute Gasteiger partial charge is 0.299 e. The van der Waals surface area contributed by atoms with Crippen molar-refractivity contribution >= 4 is 10.0 Å². The summed E-state index contributed by atoms with van der Waals surface area (Å²) in [7, 11) is -1.80. The summed E-state index contributed by atoms with van der Waals surface area (Å²) in [5.74, 6) is 0.255. The molecule has 2 aromatic rings. The molecule has 9 heteroatoms. The Labute approximate surface area is 159 Å². The molecule has 1 fully saturated rings. The minimum absolute atomic E-state index is 0.0552. The number of aryl methyl sites for hydroxylation is 1. The van der Waals surface area contributed by atoms with Gasteiger partial charge in [-0.2, -0.15) is 9.40 Å². The second-order valence-electron chi connectivity index (χ2n) is 8.21. The molecule has 0 saturated carbocycles. The average Bonchev–Trinajstić information content (AvgIpc) is 3.03. The van der Waals surface area contributed by atoms with Gasteiger partial charge in [-0.05, 0) is 18.8 Å². The van der Waals surface area contributed by atoms with Crippen molar-refractivity contribution in [2.45, 2.75) is 50.5 Å². The van der Waals surface area contributed by atoms with E-state index in [1.54, 1.807) is 24.0 Å². The number of nitrogens with zero attached hydrogens (tertiary/aromatic N) is 5. The zero-order valence-corrected chi connectivity index (χ0v) is 17.1. The topological polar surface area (TPSA) is 90.1 Å². The fraction of sp³-hybridized carbons (Fsp3) is 0.611. The Morgan fingerprint density at radius 1 is 1.22 bits per heavy atom. The molecule has 0 aromatic carbocycles. The molecule has 0 amide bonds. The molecule has 0 unspecified atom stereocenters. The van der Waals surface area contributed by atoms with Crippen molar-refractivity contribution in [1.82, 2.24) is 23.6 Å². The normalized spacial score (nSPS) is 17.3. The maximum Gasteiger partial charge on any atom is 0.253 e. The van der Waals surface area contributed by atoms with Crippen LogP contribution in [0.2, 0.25) is 0 Å². The van der Waals surface area contributed by atoms with Crippen LogP contribution in [-0.2, 0) is 29.0 Å². The van der Waals surface area contributed by atoms with Gasteiger partial charge < -0.3 is 0 Å². The molecule has 0 atom stereocenters. The molecule has 0 N–H and O–H groups in total. The summed E-state index contributed by atoms with van der Waals surface area (Å²) in [6.07, 6.45) is 5.94. The summed E-state index contributed by atoms with van der Waals surface area (Å²) in [5, 5.41) is 3.95. The van der Waals surface area contributed by atoms with Crippen molar-refractivity contribution in [2.24, 2.45) is 13.0 Å². The maximum absolute atomic E-state index is 12.7. The van der Waals surface area contributed by atoms with E-state index in [4.69, 9.17) is 0 Å². The van der Waals surface area contributed by atoms with Crippen LogP contribution in [0.15, 0.2) is 34.5 Å². The van der Waals surface area contributed by atoms with Crippen LogP contribution in [0, 0.1) is 5.92 Å². The number of rotatable bonds is 4. The molecule has 3 rings (SSSR count). The molecule has 0 spiro atoms. The van der Waals surface area contributed by atoms with Crippen molar-refractivity contribution in [1.29, 1.82) is 0 Å². The number of piperidine rings is 1. The Hall–Kier alpha value is -2.00. The molecule has 2 aromatic heterocycles. The van der Waals surface area contributed by atoms with E-state index in [-0.39, 0.29) is 21.8 Å². The molecule has 0 bridgehead atoms. The lowest BCUT2D eigenvalue weighted by Gasteiger charge is -2.31. The SMILES string of the molecule is Cn1cc(S(=O)(=O)N2CCC(Cn3cnc(C(C)(C)C)cc3=O)CC2)cn1. The van der Waals surface area contributed by atoms with Crippen LogP contribution in [0.5, 0.6) is 0 Å². The minimum atomic E-state index is -3.50. The first-order valence-corrected chi connectivity index (χ1v) is 10.6. The summed E-state index contributed by atoms with van der Waals surface area (Å²) in [4.78, 5) is 17.0. The van der Waals surface area contributed by atoms with Gasteiger partial charge in [0.2, 0.25) is 10.0 Å². The molecule has 1 saturated heterocycles. The lowest BCUT2D eigenvalue weighted by atomic mass is 9.92. The third-order valence-electron chi connectivity index (χ3n) is 5.00. The standard InChI is InChI=1S/C18H27N5O3S/c1-18(2,3)16-9-17(24)22(13-19-16)11-14-5-7-23(8-6-14)27(25,26)15-10-20-21(4)12-15/h9-10,12-14H,5-8,11H2,1-4H3. The molecule has 0 aliphatic carbocycles. The second kappa shape index (κ2) is 7.20. The van der Waals surface area contributed by atoms with Gasteiger partial charge in [-0.1, -0.05) is 20.8 Å². The monoisotopic (exact) mass is 393 g/mol. The summed E-state index contributed by atoms with van der Waals surface area (Å²) in [5.41, 5.74) is 0.561. The lowest BCUT2D eigenvalue weighted by molar-refractivity contribution is 0.250. The molecule has 1 aliphatic heterocycles. The molecule has 1 aliphatic rings. The van der Waals surface area contributed by atoms with Crippen LogP contribution in [0.1, 0.15) is 39.3 Å². The zero-order chi connectivity index (χ0) is 19.8. The highest BCUT2D eigenvalue weighted by Crippen LogP contribution is 2.24. The summed E-state index contributed by atoms with van der Waals surface area (Å²) < 4.78 is 29.9. The predicted octanol–water partition coefficient (Wildman–Crippen LogP) is 1.38. The van der Waals surface area contributed by atoms with Crippen LogP contribution in [0.3, 0.4) is 0 Å². The fourth-order valence-corrected chi connectivity index (χ4v) is 4.72. The predicted molar refractivity (Wildman–Crippen MR) is 102 cm³/mol. The fourth-order valence-electron chi connectivity index (χ4n) is 3.26. The Morgan fingerprint density at radius 3 is 2.41 bits per heavy atom. The van der Waals surface area contributed by atoms with Crippen molar-refractivity contribution in [3.8, 4) is 0 Å². The Balaban J connectivity index is 1.64. The first kappa shape index (κ1) is 19.8. The van der Waals surface area contributed by atoms with Crippen molar-refractivity contribution in [3.05, 3.63) is 40.8 Å². The maximum atomic E-state index is 12.7. The second-order valence-corrected chi connectivity index (χ2v) is 10.1. The van der Waals surface area contributed by atoms with Gasteiger partial charge in [0.25, 0.3) is 5.56 Å². The van der Waals surface area contributed by atoms with Crippen LogP contribution in [-0.4, -0.2) is 45.1 Å². The van der Waals surface area contributed by atoms with E-state index in [9.17, 15) is 13.2 Å². The van der Waals surface area contributed by atoms with Gasteiger partial charge in [0.05, 0.1) is 18.2 Å². The lowest BCUT2D eigenvalue weighted by Crippen LogP contribution is -2.40. The highest BCUT2D eigenvalue weighted by Gasteiger charge is 2.30. The van der Waals surface area contributed by atoms with Gasteiger partial charge in [-0.3, -0.25) is 14.0 Å². The van der Waals surface area contributed by atoms with Crippen molar-refractivity contribution in [3.63, 3.8) is 0 Å². The van der Waals surface area contributed by atoms with Gasteiger partial charge in [0.15, 0.2) is 0 Å². The van der Waals surface area contributed by atoms with Gasteiger partial charge in [0, 0.05) is 44.4 Å². The van der Waals surface area contributed by atoms with Crippen molar-refractivity contribution < 1.29 is 8.42 Å². The van der Waals surface area contributed by atoms with E-state index in [0.717, 1.165) is 5.69 Å². The summed E-state index contributed by atoms with van der Waals surface area (Å²) >= 11 is 0. The van der Waals surface area contributed by atoms with Crippen LogP contribution in [0.4, 0.5) is 0 Å². The molecular formula is C18H27N5O3S. The number of aromatic nitrogens is 4. The Bertz CT molecular complexity index is 963. The van der Waals surface area contributed by atoms with Gasteiger partial charge in [0.1, 0.15) is 4.90 Å². The van der Waals surface area contributed by atoms with Crippen LogP contribution in [0.25, 0.3) is 0 Å². The number of hydrogen-bond acceptors (Lipinski definition) is 5. The van der Waals surface area contributed by atoms with E-state index in [0.29, 0.717) is 32.5 Å². The molecule has 3 heterocycles. The zero-order valence-electron chi connectivity index (χ0n) is 16.3. The van der Waals surface area contributed by atoms with Gasteiger partial charge in [-0.25, -0.2) is 13.4 Å². The average molecular weight is 394 g/mol.